The Morgan fingerprint density at radius 3 is 2.70 bits per heavy atom. The van der Waals surface area contributed by atoms with Gasteiger partial charge in [-0.2, -0.15) is 0 Å². The molecule has 27 heavy (non-hydrogen) atoms. The molecule has 1 fully saturated rings. The van der Waals surface area contributed by atoms with Crippen LogP contribution >= 0.6 is 0 Å². The molecule has 0 aromatic heterocycles. The number of benzene rings is 1. The Bertz CT molecular complexity index is 798. The minimum atomic E-state index is -0.629. The van der Waals surface area contributed by atoms with Gasteiger partial charge in [0.2, 0.25) is 5.91 Å². The van der Waals surface area contributed by atoms with Gasteiger partial charge in [-0.05, 0) is 43.9 Å². The molecule has 1 aromatic carbocycles. The zero-order valence-electron chi connectivity index (χ0n) is 15.9. The van der Waals surface area contributed by atoms with E-state index in [4.69, 9.17) is 4.74 Å². The molecule has 0 bridgehead atoms. The molecule has 3 amide bonds. The number of anilines is 1. The zero-order valence-corrected chi connectivity index (χ0v) is 15.9. The largest absolute Gasteiger partial charge is 0.466 e. The Labute approximate surface area is 158 Å². The van der Waals surface area contributed by atoms with Crippen LogP contribution in [0.3, 0.4) is 0 Å². The molecule has 1 saturated carbocycles. The van der Waals surface area contributed by atoms with Gasteiger partial charge in [0.1, 0.15) is 0 Å². The molecule has 7 heteroatoms. The highest BCUT2D eigenvalue weighted by Gasteiger charge is 2.36. The smallest absolute Gasteiger partial charge is 0.337 e. The van der Waals surface area contributed by atoms with E-state index in [1.807, 2.05) is 13.0 Å². The van der Waals surface area contributed by atoms with Crippen LogP contribution in [-0.2, 0) is 14.3 Å². The normalized spacial score (nSPS) is 19.6. The number of hydrogen-bond acceptors (Lipinski definition) is 4. The van der Waals surface area contributed by atoms with Crippen molar-refractivity contribution in [3.05, 3.63) is 41.1 Å². The Hall–Kier alpha value is -2.83. The number of rotatable bonds is 6. The number of nitrogens with one attached hydrogen (secondary N) is 2. The molecule has 1 aromatic rings. The molecule has 0 radical (unpaired) electrons. The molecule has 0 saturated heterocycles. The summed E-state index contributed by atoms with van der Waals surface area (Å²) < 4.78 is 4.96. The molecule has 0 unspecified atom stereocenters. The Balaban J connectivity index is 1.94. The fourth-order valence-electron chi connectivity index (χ4n) is 3.28. The number of amides is 3. The van der Waals surface area contributed by atoms with Gasteiger partial charge in [-0.1, -0.05) is 19.1 Å². The van der Waals surface area contributed by atoms with Gasteiger partial charge in [-0.3, -0.25) is 9.69 Å². The maximum Gasteiger partial charge on any atom is 0.337 e. The standard InChI is InChI=1S/C20H25N3O4/c1-4-10-23-12(2)16(19(25)27-3)17(22-20(23)26)14-6-5-7-15(11-14)21-18(24)13-8-9-13/h5-7,11,13,17H,4,8-10H2,1-3H3,(H,21,24)(H,22,26)/t17-/m1/s1. The van der Waals surface area contributed by atoms with Crippen molar-refractivity contribution in [2.24, 2.45) is 5.92 Å². The molecule has 144 valence electrons. The Morgan fingerprint density at radius 2 is 2.07 bits per heavy atom. The predicted octanol–water partition coefficient (Wildman–Crippen LogP) is 2.96. The molecule has 1 aliphatic heterocycles. The molecule has 2 aliphatic rings. The molecule has 1 atom stereocenters. The van der Waals surface area contributed by atoms with E-state index in [9.17, 15) is 14.4 Å². The minimum Gasteiger partial charge on any atom is -0.466 e. The van der Waals surface area contributed by atoms with Gasteiger partial charge in [-0.15, -0.1) is 0 Å². The van der Waals surface area contributed by atoms with Crippen molar-refractivity contribution in [2.45, 2.75) is 39.2 Å². The first kappa shape index (κ1) is 18.9. The van der Waals surface area contributed by atoms with E-state index >= 15 is 0 Å². The third-order valence-electron chi connectivity index (χ3n) is 4.88. The quantitative estimate of drug-likeness (QED) is 0.753. The fourth-order valence-corrected chi connectivity index (χ4v) is 3.28. The second kappa shape index (κ2) is 7.82. The van der Waals surface area contributed by atoms with E-state index in [0.717, 1.165) is 19.3 Å². The van der Waals surface area contributed by atoms with Gasteiger partial charge in [0.15, 0.2) is 0 Å². The van der Waals surface area contributed by atoms with E-state index in [-0.39, 0.29) is 17.9 Å². The van der Waals surface area contributed by atoms with Crippen molar-refractivity contribution in [1.82, 2.24) is 10.2 Å². The average molecular weight is 371 g/mol. The number of methoxy groups -OCH3 is 1. The second-order valence-electron chi connectivity index (χ2n) is 6.91. The van der Waals surface area contributed by atoms with Crippen LogP contribution in [0.4, 0.5) is 10.5 Å². The summed E-state index contributed by atoms with van der Waals surface area (Å²) in [6.45, 7) is 4.24. The van der Waals surface area contributed by atoms with Crippen molar-refractivity contribution >= 4 is 23.6 Å². The summed E-state index contributed by atoms with van der Waals surface area (Å²) in [5.74, 6) is -0.377. The molecular formula is C20H25N3O4. The first-order valence-corrected chi connectivity index (χ1v) is 9.24. The summed E-state index contributed by atoms with van der Waals surface area (Å²) in [4.78, 5) is 38.6. The van der Waals surface area contributed by atoms with Gasteiger partial charge >= 0.3 is 12.0 Å². The predicted molar refractivity (Wildman–Crippen MR) is 101 cm³/mol. The maximum atomic E-state index is 12.6. The lowest BCUT2D eigenvalue weighted by Gasteiger charge is -2.35. The van der Waals surface area contributed by atoms with Crippen LogP contribution in [0.2, 0.25) is 0 Å². The van der Waals surface area contributed by atoms with Crippen molar-refractivity contribution < 1.29 is 19.1 Å². The fraction of sp³-hybridized carbons (Fsp3) is 0.450. The van der Waals surface area contributed by atoms with Crippen molar-refractivity contribution in [1.29, 1.82) is 0 Å². The van der Waals surface area contributed by atoms with Gasteiger partial charge in [0.25, 0.3) is 0 Å². The zero-order chi connectivity index (χ0) is 19.6. The van der Waals surface area contributed by atoms with Crippen molar-refractivity contribution in [2.75, 3.05) is 19.0 Å². The summed E-state index contributed by atoms with van der Waals surface area (Å²) in [5, 5.41) is 5.79. The van der Waals surface area contributed by atoms with Gasteiger partial charge < -0.3 is 15.4 Å². The van der Waals surface area contributed by atoms with Crippen molar-refractivity contribution in [3.8, 4) is 0 Å². The van der Waals surface area contributed by atoms with Gasteiger partial charge in [0, 0.05) is 23.8 Å². The number of carbonyl (C=O) groups excluding carboxylic acids is 3. The van der Waals surface area contributed by atoms with E-state index in [1.165, 1.54) is 7.11 Å². The Morgan fingerprint density at radius 1 is 1.33 bits per heavy atom. The van der Waals surface area contributed by atoms with Crippen LogP contribution in [0, 0.1) is 5.92 Å². The summed E-state index contributed by atoms with van der Waals surface area (Å²) in [7, 11) is 1.33. The second-order valence-corrected chi connectivity index (χ2v) is 6.91. The van der Waals surface area contributed by atoms with E-state index in [1.54, 1.807) is 30.0 Å². The molecule has 7 nitrogen and oxygen atoms in total. The summed E-state index contributed by atoms with van der Waals surface area (Å²) in [6.07, 6.45) is 2.62. The maximum absolute atomic E-state index is 12.6. The number of urea groups is 1. The van der Waals surface area contributed by atoms with Gasteiger partial charge in [-0.25, -0.2) is 9.59 Å². The minimum absolute atomic E-state index is 0.00821. The number of ether oxygens (including phenoxy) is 1. The van der Waals surface area contributed by atoms with Crippen LogP contribution in [0.5, 0.6) is 0 Å². The number of hydrogen-bond donors (Lipinski definition) is 2. The van der Waals surface area contributed by atoms with Crippen LogP contribution < -0.4 is 10.6 Å². The molecule has 2 N–H and O–H groups in total. The highest BCUT2D eigenvalue weighted by atomic mass is 16.5. The lowest BCUT2D eigenvalue weighted by atomic mass is 9.94. The molecule has 1 heterocycles. The lowest BCUT2D eigenvalue weighted by Crippen LogP contribution is -2.48. The van der Waals surface area contributed by atoms with E-state index < -0.39 is 12.0 Å². The highest BCUT2D eigenvalue weighted by molar-refractivity contribution is 5.96. The summed E-state index contributed by atoms with van der Waals surface area (Å²) >= 11 is 0. The topological polar surface area (TPSA) is 87.7 Å². The van der Waals surface area contributed by atoms with E-state index in [2.05, 4.69) is 10.6 Å². The molecule has 0 spiro atoms. The summed E-state index contributed by atoms with van der Waals surface area (Å²) in [5.41, 5.74) is 2.35. The van der Waals surface area contributed by atoms with Crippen LogP contribution in [-0.4, -0.2) is 36.5 Å². The average Bonchev–Trinajstić information content (AvgIpc) is 3.49. The first-order chi connectivity index (χ1) is 13.0. The van der Waals surface area contributed by atoms with Crippen LogP contribution in [0.1, 0.15) is 44.7 Å². The molecule has 1 aliphatic carbocycles. The summed E-state index contributed by atoms with van der Waals surface area (Å²) in [6, 6.07) is 6.33. The first-order valence-electron chi connectivity index (χ1n) is 9.24. The third kappa shape index (κ3) is 3.97. The van der Waals surface area contributed by atoms with Crippen LogP contribution in [0.25, 0.3) is 0 Å². The molecule has 3 rings (SSSR count). The SMILES string of the molecule is CCCN1C(=O)N[C@H](c2cccc(NC(=O)C3CC3)c2)C(C(=O)OC)=C1C. The molecular weight excluding hydrogens is 346 g/mol. The number of carbonyl (C=O) groups is 3. The number of allylic oxidation sites excluding steroid dienone is 1. The lowest BCUT2D eigenvalue weighted by molar-refractivity contribution is -0.136. The van der Waals surface area contributed by atoms with Gasteiger partial charge in [0.05, 0.1) is 18.7 Å². The van der Waals surface area contributed by atoms with Crippen LogP contribution in [0.15, 0.2) is 35.5 Å². The monoisotopic (exact) mass is 371 g/mol. The third-order valence-corrected chi connectivity index (χ3v) is 4.88. The van der Waals surface area contributed by atoms with Crippen molar-refractivity contribution in [3.63, 3.8) is 0 Å². The highest BCUT2D eigenvalue weighted by Crippen LogP contribution is 2.33. The number of esters is 1. The van der Waals surface area contributed by atoms with E-state index in [0.29, 0.717) is 29.1 Å². The number of nitrogens with zero attached hydrogens (tertiary/aromatic N) is 1. The Kier molecular flexibility index (Phi) is 5.48.